The molecule has 5 heteroatoms. The highest BCUT2D eigenvalue weighted by molar-refractivity contribution is 5.79. The summed E-state index contributed by atoms with van der Waals surface area (Å²) in [5, 5.41) is 6.85. The molecule has 21 heavy (non-hydrogen) atoms. The molecule has 0 aromatic carbocycles. The first kappa shape index (κ1) is 15.9. The molecule has 2 rings (SSSR count). The van der Waals surface area contributed by atoms with E-state index in [0.717, 1.165) is 38.6 Å². The van der Waals surface area contributed by atoms with Gasteiger partial charge < -0.3 is 19.9 Å². The fourth-order valence-corrected chi connectivity index (χ4v) is 2.82. The second kappa shape index (κ2) is 8.08. The van der Waals surface area contributed by atoms with E-state index in [1.807, 2.05) is 19.2 Å². The molecular formula is C16H28N4O. The maximum atomic E-state index is 5.24. The van der Waals surface area contributed by atoms with E-state index in [1.54, 1.807) is 7.11 Å². The van der Waals surface area contributed by atoms with E-state index in [2.05, 4.69) is 32.6 Å². The average Bonchev–Trinajstić information content (AvgIpc) is 2.97. The van der Waals surface area contributed by atoms with Gasteiger partial charge in [-0.2, -0.15) is 0 Å². The second-order valence-electron chi connectivity index (χ2n) is 5.87. The van der Waals surface area contributed by atoms with Gasteiger partial charge in [0, 0.05) is 52.8 Å². The lowest BCUT2D eigenvalue weighted by Crippen LogP contribution is -2.47. The van der Waals surface area contributed by atoms with Crippen LogP contribution in [0.25, 0.3) is 0 Å². The first-order valence-corrected chi connectivity index (χ1v) is 7.82. The van der Waals surface area contributed by atoms with Crippen LogP contribution in [-0.2, 0) is 11.3 Å². The molecule has 1 aromatic heterocycles. The van der Waals surface area contributed by atoms with Crippen LogP contribution in [-0.4, -0.2) is 44.4 Å². The Bertz CT molecular complexity index is 423. The van der Waals surface area contributed by atoms with Crippen molar-refractivity contribution in [3.05, 3.63) is 24.5 Å². The van der Waals surface area contributed by atoms with Crippen LogP contribution in [0.5, 0.6) is 0 Å². The van der Waals surface area contributed by atoms with Crippen LogP contribution >= 0.6 is 0 Å². The van der Waals surface area contributed by atoms with Crippen molar-refractivity contribution in [1.82, 2.24) is 15.2 Å². The minimum atomic E-state index is 0.411. The highest BCUT2D eigenvalue weighted by Gasteiger charge is 2.36. The van der Waals surface area contributed by atoms with Gasteiger partial charge in [0.15, 0.2) is 5.96 Å². The van der Waals surface area contributed by atoms with E-state index in [1.165, 1.54) is 19.3 Å². The summed E-state index contributed by atoms with van der Waals surface area (Å²) in [6.07, 6.45) is 9.22. The summed E-state index contributed by atoms with van der Waals surface area (Å²) in [7, 11) is 3.61. The zero-order chi connectivity index (χ0) is 15.0. The van der Waals surface area contributed by atoms with Crippen LogP contribution < -0.4 is 10.6 Å². The van der Waals surface area contributed by atoms with E-state index in [0.29, 0.717) is 5.41 Å². The summed E-state index contributed by atoms with van der Waals surface area (Å²) in [5.41, 5.74) is 0.411. The van der Waals surface area contributed by atoms with E-state index >= 15 is 0 Å². The van der Waals surface area contributed by atoms with Crippen molar-refractivity contribution in [3.8, 4) is 0 Å². The van der Waals surface area contributed by atoms with Crippen molar-refractivity contribution in [1.29, 1.82) is 0 Å². The van der Waals surface area contributed by atoms with Gasteiger partial charge in [-0.05, 0) is 36.8 Å². The van der Waals surface area contributed by atoms with Gasteiger partial charge in [-0.25, -0.2) is 0 Å². The molecule has 0 radical (unpaired) electrons. The van der Waals surface area contributed by atoms with E-state index in [9.17, 15) is 0 Å². The van der Waals surface area contributed by atoms with Crippen molar-refractivity contribution in [2.45, 2.75) is 32.2 Å². The molecule has 1 aliphatic rings. The van der Waals surface area contributed by atoms with Crippen molar-refractivity contribution in [2.24, 2.45) is 10.4 Å². The minimum Gasteiger partial charge on any atom is -0.385 e. The van der Waals surface area contributed by atoms with Gasteiger partial charge in [0.25, 0.3) is 0 Å². The van der Waals surface area contributed by atoms with Crippen molar-refractivity contribution in [2.75, 3.05) is 33.9 Å². The maximum absolute atomic E-state index is 5.24. The summed E-state index contributed by atoms with van der Waals surface area (Å²) < 4.78 is 7.40. The molecule has 0 spiro atoms. The van der Waals surface area contributed by atoms with E-state index in [-0.39, 0.29) is 0 Å². The molecule has 1 fully saturated rings. The number of aromatic nitrogens is 1. The topological polar surface area (TPSA) is 50.6 Å². The maximum Gasteiger partial charge on any atom is 0.191 e. The molecule has 1 saturated carbocycles. The van der Waals surface area contributed by atoms with Gasteiger partial charge in [0.05, 0.1) is 0 Å². The Morgan fingerprint density at radius 1 is 1.29 bits per heavy atom. The predicted octanol–water partition coefficient (Wildman–Crippen LogP) is 1.86. The number of nitrogens with zero attached hydrogens (tertiary/aromatic N) is 2. The van der Waals surface area contributed by atoms with E-state index < -0.39 is 0 Å². The van der Waals surface area contributed by atoms with Gasteiger partial charge in [0.2, 0.25) is 0 Å². The molecule has 0 unspecified atom stereocenters. The molecule has 118 valence electrons. The third kappa shape index (κ3) is 4.77. The third-order valence-corrected chi connectivity index (χ3v) is 4.43. The summed E-state index contributed by atoms with van der Waals surface area (Å²) in [6.45, 7) is 3.66. The van der Waals surface area contributed by atoms with E-state index in [4.69, 9.17) is 4.74 Å². The van der Waals surface area contributed by atoms with Crippen LogP contribution in [0.2, 0.25) is 0 Å². The van der Waals surface area contributed by atoms with Gasteiger partial charge in [0.1, 0.15) is 0 Å². The monoisotopic (exact) mass is 292 g/mol. The Balaban J connectivity index is 1.69. The first-order chi connectivity index (χ1) is 10.3. The number of ether oxygens (including phenoxy) is 1. The third-order valence-electron chi connectivity index (χ3n) is 4.43. The van der Waals surface area contributed by atoms with Gasteiger partial charge >= 0.3 is 0 Å². The Kier molecular flexibility index (Phi) is 6.11. The average molecular weight is 292 g/mol. The number of rotatable bonds is 8. The zero-order valence-electron chi connectivity index (χ0n) is 13.3. The Morgan fingerprint density at radius 2 is 2.05 bits per heavy atom. The van der Waals surface area contributed by atoms with Crippen molar-refractivity contribution < 1.29 is 4.74 Å². The Hall–Kier alpha value is -1.49. The second-order valence-corrected chi connectivity index (χ2v) is 5.87. The number of hydrogen-bond acceptors (Lipinski definition) is 2. The molecule has 0 saturated heterocycles. The van der Waals surface area contributed by atoms with Gasteiger partial charge in [-0.1, -0.05) is 6.42 Å². The molecular weight excluding hydrogens is 264 g/mol. The molecule has 1 heterocycles. The molecule has 0 bridgehead atoms. The van der Waals surface area contributed by atoms with Crippen LogP contribution in [0, 0.1) is 5.41 Å². The summed E-state index contributed by atoms with van der Waals surface area (Å²) in [5.74, 6) is 0.894. The van der Waals surface area contributed by atoms with Gasteiger partial charge in [-0.15, -0.1) is 0 Å². The first-order valence-electron chi connectivity index (χ1n) is 7.82. The molecule has 0 atom stereocenters. The lowest BCUT2D eigenvalue weighted by molar-refractivity contribution is 0.0732. The lowest BCUT2D eigenvalue weighted by atomic mass is 9.67. The fraction of sp³-hybridized carbons (Fsp3) is 0.688. The number of nitrogens with one attached hydrogen (secondary N) is 2. The molecule has 0 aliphatic heterocycles. The number of aliphatic imine (C=N–C) groups is 1. The largest absolute Gasteiger partial charge is 0.385 e. The molecule has 5 nitrogen and oxygen atoms in total. The summed E-state index contributed by atoms with van der Waals surface area (Å²) in [4.78, 5) is 4.30. The van der Waals surface area contributed by atoms with Crippen molar-refractivity contribution in [3.63, 3.8) is 0 Å². The quantitative estimate of drug-likeness (QED) is 0.568. The number of guanidine groups is 1. The number of hydrogen-bond donors (Lipinski definition) is 2. The summed E-state index contributed by atoms with van der Waals surface area (Å²) >= 11 is 0. The lowest BCUT2D eigenvalue weighted by Gasteiger charge is -2.42. The SMILES string of the molecule is CN=C(NCCn1cccc1)NCC1(CCOC)CCC1. The fourth-order valence-electron chi connectivity index (χ4n) is 2.82. The smallest absolute Gasteiger partial charge is 0.191 e. The minimum absolute atomic E-state index is 0.411. The summed E-state index contributed by atoms with van der Waals surface area (Å²) in [6, 6.07) is 4.09. The molecule has 1 aliphatic carbocycles. The van der Waals surface area contributed by atoms with Crippen molar-refractivity contribution >= 4 is 5.96 Å². The number of methoxy groups -OCH3 is 1. The molecule has 1 aromatic rings. The zero-order valence-corrected chi connectivity index (χ0v) is 13.3. The highest BCUT2D eigenvalue weighted by atomic mass is 16.5. The van der Waals surface area contributed by atoms with Crippen LogP contribution in [0.15, 0.2) is 29.5 Å². The normalized spacial score (nSPS) is 17.3. The highest BCUT2D eigenvalue weighted by Crippen LogP contribution is 2.43. The molecule has 0 amide bonds. The predicted molar refractivity (Wildman–Crippen MR) is 86.6 cm³/mol. The van der Waals surface area contributed by atoms with Gasteiger partial charge in [-0.3, -0.25) is 4.99 Å². The molecule has 2 N–H and O–H groups in total. The van der Waals surface area contributed by atoms with Crippen LogP contribution in [0.3, 0.4) is 0 Å². The van der Waals surface area contributed by atoms with Crippen LogP contribution in [0.4, 0.5) is 0 Å². The van der Waals surface area contributed by atoms with Crippen LogP contribution in [0.1, 0.15) is 25.7 Å². The standard InChI is InChI=1S/C16H28N4O/c1-17-15(18-9-12-20-10-3-4-11-20)19-14-16(6-5-7-16)8-13-21-2/h3-4,10-11H,5-9,12-14H2,1-2H3,(H2,17,18,19). The Labute approximate surface area is 127 Å². The Morgan fingerprint density at radius 3 is 2.62 bits per heavy atom.